The zero-order valence-electron chi connectivity index (χ0n) is 11.9. The lowest BCUT2D eigenvalue weighted by molar-refractivity contribution is 0.496. The summed E-state index contributed by atoms with van der Waals surface area (Å²) in [7, 11) is 0. The van der Waals surface area contributed by atoms with Gasteiger partial charge in [0.05, 0.1) is 0 Å². The first-order valence-electron chi connectivity index (χ1n) is 7.03. The van der Waals surface area contributed by atoms with Gasteiger partial charge >= 0.3 is 0 Å². The van der Waals surface area contributed by atoms with Gasteiger partial charge in [-0.3, -0.25) is 0 Å². The van der Waals surface area contributed by atoms with Gasteiger partial charge in [-0.1, -0.05) is 36.7 Å². The number of halogens is 3. The van der Waals surface area contributed by atoms with E-state index in [-0.39, 0.29) is 17.7 Å². The molecule has 0 spiro atoms. The molecule has 4 heteroatoms. The molecule has 1 N–H and O–H groups in total. The summed E-state index contributed by atoms with van der Waals surface area (Å²) in [5, 5.41) is 3.71. The third-order valence-corrected chi connectivity index (χ3v) is 3.57. The first kappa shape index (κ1) is 15.9. The van der Waals surface area contributed by atoms with Gasteiger partial charge in [-0.25, -0.2) is 8.78 Å². The molecule has 0 aliphatic heterocycles. The van der Waals surface area contributed by atoms with Crippen LogP contribution in [0, 0.1) is 11.6 Å². The van der Waals surface area contributed by atoms with Crippen LogP contribution < -0.4 is 5.32 Å². The summed E-state index contributed by atoms with van der Waals surface area (Å²) >= 11 is 5.80. The quantitative estimate of drug-likeness (QED) is 0.800. The van der Waals surface area contributed by atoms with Gasteiger partial charge in [-0.15, -0.1) is 0 Å². The molecule has 0 aliphatic rings. The maximum Gasteiger partial charge on any atom is 0.129 e. The van der Waals surface area contributed by atoms with E-state index in [1.807, 2.05) is 0 Å². The fourth-order valence-corrected chi connectivity index (χ4v) is 2.41. The van der Waals surface area contributed by atoms with Crippen molar-refractivity contribution in [2.24, 2.45) is 0 Å². The highest BCUT2D eigenvalue weighted by atomic mass is 35.5. The monoisotopic (exact) mass is 309 g/mol. The van der Waals surface area contributed by atoms with E-state index in [4.69, 9.17) is 11.6 Å². The topological polar surface area (TPSA) is 12.0 Å². The molecule has 0 bridgehead atoms. The van der Waals surface area contributed by atoms with Crippen molar-refractivity contribution in [3.63, 3.8) is 0 Å². The smallest absolute Gasteiger partial charge is 0.129 e. The molecule has 0 fully saturated rings. The second-order valence-electron chi connectivity index (χ2n) is 5.00. The molecule has 21 heavy (non-hydrogen) atoms. The lowest BCUT2D eigenvalue weighted by atomic mass is 9.98. The minimum Gasteiger partial charge on any atom is -0.310 e. The van der Waals surface area contributed by atoms with Gasteiger partial charge in [0.1, 0.15) is 11.6 Å². The molecule has 0 aromatic heterocycles. The van der Waals surface area contributed by atoms with Gasteiger partial charge in [0, 0.05) is 16.6 Å². The molecule has 2 rings (SSSR count). The minimum atomic E-state index is -0.321. The van der Waals surface area contributed by atoms with E-state index in [0.717, 1.165) is 18.5 Å². The van der Waals surface area contributed by atoms with E-state index in [2.05, 4.69) is 12.2 Å². The summed E-state index contributed by atoms with van der Waals surface area (Å²) in [5.74, 6) is -0.590. The second-order valence-corrected chi connectivity index (χ2v) is 5.44. The van der Waals surface area contributed by atoms with Gasteiger partial charge in [0.25, 0.3) is 0 Å². The van der Waals surface area contributed by atoms with Crippen molar-refractivity contribution in [2.75, 3.05) is 6.54 Å². The Hall–Kier alpha value is -1.45. The highest BCUT2D eigenvalue weighted by Gasteiger charge is 2.16. The fraction of sp³-hybridized carbons (Fsp3) is 0.294. The molecule has 1 unspecified atom stereocenters. The highest BCUT2D eigenvalue weighted by Crippen LogP contribution is 2.24. The average Bonchev–Trinajstić information content (AvgIpc) is 2.46. The molecule has 0 radical (unpaired) electrons. The van der Waals surface area contributed by atoms with Crippen LogP contribution in [-0.2, 0) is 6.42 Å². The summed E-state index contributed by atoms with van der Waals surface area (Å²) in [6.45, 7) is 2.84. The SMILES string of the molecule is CCCNC(Cc1ccc(F)cc1)c1ccc(Cl)cc1F. The van der Waals surface area contributed by atoms with Gasteiger partial charge in [-0.05, 0) is 49.2 Å². The Bertz CT molecular complexity index is 584. The third kappa shape index (κ3) is 4.51. The van der Waals surface area contributed by atoms with Crippen LogP contribution in [0.3, 0.4) is 0 Å². The van der Waals surface area contributed by atoms with Crippen LogP contribution in [-0.4, -0.2) is 6.54 Å². The Labute approximate surface area is 128 Å². The van der Waals surface area contributed by atoms with Gasteiger partial charge < -0.3 is 5.32 Å². The van der Waals surface area contributed by atoms with E-state index < -0.39 is 0 Å². The zero-order chi connectivity index (χ0) is 15.2. The molecule has 0 saturated heterocycles. The summed E-state index contributed by atoms with van der Waals surface area (Å²) in [5.41, 5.74) is 1.54. The lowest BCUT2D eigenvalue weighted by Gasteiger charge is -2.20. The summed E-state index contributed by atoms with van der Waals surface area (Å²) in [6, 6.07) is 10.8. The number of hydrogen-bond donors (Lipinski definition) is 1. The molecule has 112 valence electrons. The maximum absolute atomic E-state index is 14.1. The molecule has 0 saturated carbocycles. The van der Waals surface area contributed by atoms with Crippen LogP contribution in [0.1, 0.15) is 30.5 Å². The Morgan fingerprint density at radius 3 is 2.43 bits per heavy atom. The van der Waals surface area contributed by atoms with Crippen LogP contribution in [0.4, 0.5) is 8.78 Å². The number of benzene rings is 2. The Morgan fingerprint density at radius 2 is 1.81 bits per heavy atom. The number of hydrogen-bond acceptors (Lipinski definition) is 1. The Balaban J connectivity index is 2.22. The molecular formula is C17H18ClF2N. The van der Waals surface area contributed by atoms with Crippen molar-refractivity contribution >= 4 is 11.6 Å². The van der Waals surface area contributed by atoms with Crippen LogP contribution in [0.25, 0.3) is 0 Å². The van der Waals surface area contributed by atoms with Crippen molar-refractivity contribution in [1.29, 1.82) is 0 Å². The standard InChI is InChI=1S/C17H18ClF2N/c1-2-9-21-17(10-12-3-6-14(19)7-4-12)15-8-5-13(18)11-16(15)20/h3-8,11,17,21H,2,9-10H2,1H3. The number of nitrogens with one attached hydrogen (secondary N) is 1. The largest absolute Gasteiger partial charge is 0.310 e. The summed E-state index contributed by atoms with van der Waals surface area (Å²) in [6.07, 6.45) is 1.55. The van der Waals surface area contributed by atoms with Crippen molar-refractivity contribution in [2.45, 2.75) is 25.8 Å². The van der Waals surface area contributed by atoms with Crippen LogP contribution in [0.5, 0.6) is 0 Å². The zero-order valence-corrected chi connectivity index (χ0v) is 12.6. The van der Waals surface area contributed by atoms with Gasteiger partial charge in [0.15, 0.2) is 0 Å². The lowest BCUT2D eigenvalue weighted by Crippen LogP contribution is -2.25. The van der Waals surface area contributed by atoms with Crippen LogP contribution >= 0.6 is 11.6 Å². The van der Waals surface area contributed by atoms with E-state index in [0.29, 0.717) is 17.0 Å². The molecule has 2 aromatic carbocycles. The molecule has 0 amide bonds. The second kappa shape index (κ2) is 7.53. The average molecular weight is 310 g/mol. The normalized spacial score (nSPS) is 12.4. The van der Waals surface area contributed by atoms with Crippen LogP contribution in [0.15, 0.2) is 42.5 Å². The summed E-state index contributed by atoms with van der Waals surface area (Å²) < 4.78 is 27.1. The van der Waals surface area contributed by atoms with E-state index >= 15 is 0 Å². The predicted octanol–water partition coefficient (Wildman–Crippen LogP) is 4.90. The van der Waals surface area contributed by atoms with E-state index in [9.17, 15) is 8.78 Å². The van der Waals surface area contributed by atoms with Gasteiger partial charge in [-0.2, -0.15) is 0 Å². The minimum absolute atomic E-state index is 0.160. The van der Waals surface area contributed by atoms with E-state index in [1.54, 1.807) is 24.3 Å². The van der Waals surface area contributed by atoms with Crippen molar-refractivity contribution in [1.82, 2.24) is 5.32 Å². The maximum atomic E-state index is 14.1. The predicted molar refractivity (Wildman–Crippen MR) is 82.5 cm³/mol. The molecule has 1 nitrogen and oxygen atoms in total. The first-order chi connectivity index (χ1) is 10.1. The Morgan fingerprint density at radius 1 is 1.10 bits per heavy atom. The summed E-state index contributed by atoms with van der Waals surface area (Å²) in [4.78, 5) is 0. The molecule has 0 aliphatic carbocycles. The van der Waals surface area contributed by atoms with Crippen molar-refractivity contribution in [3.05, 3.63) is 70.2 Å². The van der Waals surface area contributed by atoms with Crippen molar-refractivity contribution in [3.8, 4) is 0 Å². The van der Waals surface area contributed by atoms with Crippen LogP contribution in [0.2, 0.25) is 5.02 Å². The molecule has 0 heterocycles. The first-order valence-corrected chi connectivity index (χ1v) is 7.40. The molecule has 2 aromatic rings. The van der Waals surface area contributed by atoms with Gasteiger partial charge in [0.2, 0.25) is 0 Å². The highest BCUT2D eigenvalue weighted by molar-refractivity contribution is 6.30. The van der Waals surface area contributed by atoms with Crippen molar-refractivity contribution < 1.29 is 8.78 Å². The van der Waals surface area contributed by atoms with E-state index in [1.165, 1.54) is 18.2 Å². The third-order valence-electron chi connectivity index (χ3n) is 3.33. The number of rotatable bonds is 6. The Kier molecular flexibility index (Phi) is 5.71. The molecule has 1 atom stereocenters. The molecular weight excluding hydrogens is 292 g/mol. The fourth-order valence-electron chi connectivity index (χ4n) is 2.25.